The fourth-order valence-electron chi connectivity index (χ4n) is 2.25. The van der Waals surface area contributed by atoms with Gasteiger partial charge in [0.05, 0.1) is 6.54 Å². The molecule has 0 spiro atoms. The zero-order chi connectivity index (χ0) is 15.4. The average molecular weight is 295 g/mol. The van der Waals surface area contributed by atoms with Gasteiger partial charge in [0, 0.05) is 19.0 Å². The van der Waals surface area contributed by atoms with Gasteiger partial charge in [-0.3, -0.25) is 9.59 Å². The number of carbonyl (C=O) groups is 2. The summed E-state index contributed by atoms with van der Waals surface area (Å²) >= 11 is 0. The van der Waals surface area contributed by atoms with Crippen molar-refractivity contribution in [1.29, 1.82) is 0 Å². The number of nitrogens with two attached hydrogens (primary N) is 1. The maximum atomic E-state index is 11.9. The van der Waals surface area contributed by atoms with Gasteiger partial charge in [-0.15, -0.1) is 0 Å². The topological polar surface area (TPSA) is 75.4 Å². The molecule has 0 bridgehead atoms. The van der Waals surface area contributed by atoms with Crippen LogP contribution >= 0.6 is 0 Å². The van der Waals surface area contributed by atoms with E-state index < -0.39 is 30.7 Å². The molecule has 0 heterocycles. The number of hydrogen-bond donors (Lipinski definition) is 2. The molecule has 3 N–H and O–H groups in total. The predicted molar refractivity (Wildman–Crippen MR) is 66.7 cm³/mol. The van der Waals surface area contributed by atoms with E-state index >= 15 is 0 Å². The standard InChI is InChI=1S/C12H20F3N3O2/c1-18(7-9(19)17-8-12(13,14)15)10(20)6-11(16)4-2-3-5-11/h2-8,16H2,1H3,(H,17,19). The lowest BCUT2D eigenvalue weighted by Gasteiger charge is -2.26. The number of likely N-dealkylation sites (N-methyl/N-ethyl adjacent to an activating group) is 1. The zero-order valence-corrected chi connectivity index (χ0v) is 11.4. The van der Waals surface area contributed by atoms with E-state index in [2.05, 4.69) is 0 Å². The Morgan fingerprint density at radius 2 is 1.85 bits per heavy atom. The molecule has 1 aliphatic rings. The molecular weight excluding hydrogens is 275 g/mol. The fraction of sp³-hybridized carbons (Fsp3) is 0.833. The van der Waals surface area contributed by atoms with Crippen molar-refractivity contribution in [2.75, 3.05) is 20.1 Å². The van der Waals surface area contributed by atoms with Crippen molar-refractivity contribution in [2.24, 2.45) is 5.73 Å². The first-order chi connectivity index (χ1) is 9.11. The second-order valence-electron chi connectivity index (χ2n) is 5.39. The van der Waals surface area contributed by atoms with Crippen molar-refractivity contribution in [2.45, 2.75) is 43.8 Å². The summed E-state index contributed by atoms with van der Waals surface area (Å²) in [6.07, 6.45) is -0.877. The van der Waals surface area contributed by atoms with E-state index in [4.69, 9.17) is 5.73 Å². The summed E-state index contributed by atoms with van der Waals surface area (Å²) in [4.78, 5) is 24.3. The molecular formula is C12H20F3N3O2. The summed E-state index contributed by atoms with van der Waals surface area (Å²) in [5, 5.41) is 1.72. The minimum Gasteiger partial charge on any atom is -0.345 e. The van der Waals surface area contributed by atoms with Gasteiger partial charge in [-0.05, 0) is 12.8 Å². The molecule has 0 aromatic rings. The van der Waals surface area contributed by atoms with Crippen LogP contribution in [0.4, 0.5) is 13.2 Å². The van der Waals surface area contributed by atoms with Crippen LogP contribution in [-0.2, 0) is 9.59 Å². The van der Waals surface area contributed by atoms with Gasteiger partial charge in [0.15, 0.2) is 0 Å². The molecule has 1 aliphatic carbocycles. The summed E-state index contributed by atoms with van der Waals surface area (Å²) in [6.45, 7) is -1.79. The highest BCUT2D eigenvalue weighted by molar-refractivity contribution is 5.85. The summed E-state index contributed by atoms with van der Waals surface area (Å²) in [5.74, 6) is -1.16. The average Bonchev–Trinajstić information content (AvgIpc) is 2.72. The number of nitrogens with one attached hydrogen (secondary N) is 1. The van der Waals surface area contributed by atoms with E-state index in [1.807, 2.05) is 0 Å². The Labute approximate surface area is 115 Å². The highest BCUT2D eigenvalue weighted by atomic mass is 19.4. The maximum Gasteiger partial charge on any atom is 0.405 e. The van der Waals surface area contributed by atoms with E-state index in [0.29, 0.717) is 0 Å². The van der Waals surface area contributed by atoms with Gasteiger partial charge in [-0.1, -0.05) is 12.8 Å². The smallest absolute Gasteiger partial charge is 0.345 e. The number of nitrogens with zero attached hydrogens (tertiary/aromatic N) is 1. The van der Waals surface area contributed by atoms with Crippen LogP contribution in [0.3, 0.4) is 0 Å². The minimum absolute atomic E-state index is 0.121. The first-order valence-corrected chi connectivity index (χ1v) is 6.48. The molecule has 1 rings (SSSR count). The van der Waals surface area contributed by atoms with Gasteiger partial charge in [-0.25, -0.2) is 0 Å². The summed E-state index contributed by atoms with van der Waals surface area (Å²) in [5.41, 5.74) is 5.51. The van der Waals surface area contributed by atoms with Crippen molar-refractivity contribution >= 4 is 11.8 Å². The molecule has 0 saturated heterocycles. The van der Waals surface area contributed by atoms with Gasteiger partial charge < -0.3 is 16.0 Å². The van der Waals surface area contributed by atoms with Gasteiger partial charge in [0.1, 0.15) is 6.54 Å². The number of rotatable bonds is 5. The van der Waals surface area contributed by atoms with E-state index in [-0.39, 0.29) is 12.3 Å². The van der Waals surface area contributed by atoms with Crippen LogP contribution in [0.2, 0.25) is 0 Å². The first-order valence-electron chi connectivity index (χ1n) is 6.48. The third-order valence-electron chi connectivity index (χ3n) is 3.40. The van der Waals surface area contributed by atoms with E-state index in [1.165, 1.54) is 7.05 Å². The molecule has 2 amide bonds. The molecule has 0 aromatic heterocycles. The van der Waals surface area contributed by atoms with Crippen LogP contribution in [0, 0.1) is 0 Å². The van der Waals surface area contributed by atoms with Crippen molar-refractivity contribution in [3.8, 4) is 0 Å². The molecule has 0 aromatic carbocycles. The molecule has 5 nitrogen and oxygen atoms in total. The van der Waals surface area contributed by atoms with Crippen molar-refractivity contribution in [3.63, 3.8) is 0 Å². The molecule has 116 valence electrons. The van der Waals surface area contributed by atoms with Crippen LogP contribution < -0.4 is 11.1 Å². The van der Waals surface area contributed by atoms with Crippen LogP contribution in [-0.4, -0.2) is 48.6 Å². The van der Waals surface area contributed by atoms with Crippen LogP contribution in [0.25, 0.3) is 0 Å². The van der Waals surface area contributed by atoms with Crippen LogP contribution in [0.1, 0.15) is 32.1 Å². The quantitative estimate of drug-likeness (QED) is 0.787. The lowest BCUT2D eigenvalue weighted by molar-refractivity contribution is -0.141. The Bertz CT molecular complexity index is 365. The second-order valence-corrected chi connectivity index (χ2v) is 5.39. The lowest BCUT2D eigenvalue weighted by atomic mass is 9.94. The van der Waals surface area contributed by atoms with E-state index in [0.717, 1.165) is 30.6 Å². The van der Waals surface area contributed by atoms with E-state index in [9.17, 15) is 22.8 Å². The van der Waals surface area contributed by atoms with Crippen molar-refractivity contribution in [1.82, 2.24) is 10.2 Å². The highest BCUT2D eigenvalue weighted by Gasteiger charge is 2.33. The monoisotopic (exact) mass is 295 g/mol. The highest BCUT2D eigenvalue weighted by Crippen LogP contribution is 2.30. The lowest BCUT2D eigenvalue weighted by Crippen LogP contribution is -2.46. The predicted octanol–water partition coefficient (Wildman–Crippen LogP) is 0.785. The number of amides is 2. The van der Waals surface area contributed by atoms with Gasteiger partial charge in [0.2, 0.25) is 11.8 Å². The maximum absolute atomic E-state index is 11.9. The molecule has 1 fully saturated rings. The molecule has 0 unspecified atom stereocenters. The summed E-state index contributed by atoms with van der Waals surface area (Å²) in [7, 11) is 1.38. The van der Waals surface area contributed by atoms with Crippen LogP contribution in [0.15, 0.2) is 0 Å². The minimum atomic E-state index is -4.45. The summed E-state index contributed by atoms with van der Waals surface area (Å²) in [6, 6.07) is 0. The largest absolute Gasteiger partial charge is 0.405 e. The molecule has 1 saturated carbocycles. The van der Waals surface area contributed by atoms with Gasteiger partial charge in [-0.2, -0.15) is 13.2 Å². The third kappa shape index (κ3) is 5.77. The second kappa shape index (κ2) is 6.43. The molecule has 8 heteroatoms. The number of carbonyl (C=O) groups excluding carboxylic acids is 2. The molecule has 0 radical (unpaired) electrons. The Morgan fingerprint density at radius 1 is 1.30 bits per heavy atom. The molecule has 0 aliphatic heterocycles. The van der Waals surface area contributed by atoms with Gasteiger partial charge >= 0.3 is 6.18 Å². The fourth-order valence-corrected chi connectivity index (χ4v) is 2.25. The van der Waals surface area contributed by atoms with E-state index in [1.54, 1.807) is 5.32 Å². The van der Waals surface area contributed by atoms with Crippen molar-refractivity contribution < 1.29 is 22.8 Å². The zero-order valence-electron chi connectivity index (χ0n) is 11.4. The Hall–Kier alpha value is -1.31. The Kier molecular flexibility index (Phi) is 5.38. The van der Waals surface area contributed by atoms with Gasteiger partial charge in [0.25, 0.3) is 0 Å². The van der Waals surface area contributed by atoms with Crippen LogP contribution in [0.5, 0.6) is 0 Å². The molecule has 20 heavy (non-hydrogen) atoms. The number of hydrogen-bond acceptors (Lipinski definition) is 3. The Morgan fingerprint density at radius 3 is 2.35 bits per heavy atom. The molecule has 0 atom stereocenters. The number of halogens is 3. The summed E-state index contributed by atoms with van der Waals surface area (Å²) < 4.78 is 35.8. The third-order valence-corrected chi connectivity index (χ3v) is 3.40. The Balaban J connectivity index is 2.36. The van der Waals surface area contributed by atoms with Crippen molar-refractivity contribution in [3.05, 3.63) is 0 Å². The number of alkyl halides is 3. The SMILES string of the molecule is CN(CC(=O)NCC(F)(F)F)C(=O)CC1(N)CCCC1. The first kappa shape index (κ1) is 16.7. The normalized spacial score (nSPS) is 17.9.